The molecule has 1 aromatic rings. The quantitative estimate of drug-likeness (QED) is 0.346. The number of esters is 1. The third-order valence-electron chi connectivity index (χ3n) is 2.55. The molecule has 6 nitrogen and oxygen atoms in total. The van der Waals surface area contributed by atoms with Crippen molar-refractivity contribution in [3.05, 3.63) is 45.8 Å². The van der Waals surface area contributed by atoms with Gasteiger partial charge in [0.15, 0.2) is 5.75 Å². The minimum absolute atomic E-state index is 0.0675. The maximum Gasteiger partial charge on any atom is 0.333 e. The van der Waals surface area contributed by atoms with Gasteiger partial charge in [0.1, 0.15) is 5.82 Å². The molecule has 0 aliphatic heterocycles. The molecule has 0 bridgehead atoms. The number of hydrogen-bond donors (Lipinski definition) is 0. The second kappa shape index (κ2) is 6.65. The Hall–Kier alpha value is -2.44. The molecule has 0 spiro atoms. The van der Waals surface area contributed by atoms with E-state index in [1.165, 1.54) is 7.11 Å². The zero-order chi connectivity index (χ0) is 15.3. The normalized spacial score (nSPS) is 9.95. The first-order valence-corrected chi connectivity index (χ1v) is 5.77. The molecular weight excluding hydrogens is 269 g/mol. The summed E-state index contributed by atoms with van der Waals surface area (Å²) >= 11 is 0. The van der Waals surface area contributed by atoms with Crippen molar-refractivity contribution in [2.45, 2.75) is 13.3 Å². The molecule has 0 amide bonds. The number of halogens is 1. The van der Waals surface area contributed by atoms with Gasteiger partial charge in [-0.1, -0.05) is 6.58 Å². The molecule has 0 aliphatic rings. The number of nitro benzene ring substituents is 1. The lowest BCUT2D eigenvalue weighted by atomic mass is 10.0. The van der Waals surface area contributed by atoms with E-state index in [0.29, 0.717) is 0 Å². The smallest absolute Gasteiger partial charge is 0.333 e. The lowest BCUT2D eigenvalue weighted by molar-refractivity contribution is -0.386. The zero-order valence-electron chi connectivity index (χ0n) is 11.1. The third kappa shape index (κ3) is 3.31. The number of carbonyl (C=O) groups excluding carboxylic acids is 1. The fraction of sp³-hybridized carbons (Fsp3) is 0.308. The van der Waals surface area contributed by atoms with Crippen LogP contribution in [0.2, 0.25) is 0 Å². The molecule has 0 unspecified atom stereocenters. The van der Waals surface area contributed by atoms with E-state index in [0.717, 1.165) is 12.1 Å². The van der Waals surface area contributed by atoms with Crippen LogP contribution in [0.5, 0.6) is 5.75 Å². The minimum Gasteiger partial charge on any atom is -0.490 e. The van der Waals surface area contributed by atoms with Crippen molar-refractivity contribution >= 4 is 11.7 Å². The molecule has 0 fully saturated rings. The number of hydrogen-bond acceptors (Lipinski definition) is 5. The number of methoxy groups -OCH3 is 1. The summed E-state index contributed by atoms with van der Waals surface area (Å²) in [6.45, 7) is 5.21. The van der Waals surface area contributed by atoms with Crippen molar-refractivity contribution in [2.24, 2.45) is 0 Å². The van der Waals surface area contributed by atoms with Gasteiger partial charge in [0.05, 0.1) is 24.2 Å². The molecule has 108 valence electrons. The highest BCUT2D eigenvalue weighted by Gasteiger charge is 2.26. The van der Waals surface area contributed by atoms with Crippen molar-refractivity contribution in [3.63, 3.8) is 0 Å². The van der Waals surface area contributed by atoms with Crippen molar-refractivity contribution < 1.29 is 23.6 Å². The Morgan fingerprint density at radius 2 is 2.15 bits per heavy atom. The van der Waals surface area contributed by atoms with Crippen molar-refractivity contribution in [2.75, 3.05) is 13.7 Å². The Bertz CT molecular complexity index is 556. The highest BCUT2D eigenvalue weighted by molar-refractivity contribution is 5.88. The molecule has 0 aliphatic carbocycles. The molecule has 20 heavy (non-hydrogen) atoms. The van der Waals surface area contributed by atoms with Gasteiger partial charge in [-0.25, -0.2) is 9.18 Å². The van der Waals surface area contributed by atoms with E-state index in [1.54, 1.807) is 6.92 Å². The molecule has 0 aromatic heterocycles. The van der Waals surface area contributed by atoms with Crippen LogP contribution in [0.1, 0.15) is 12.5 Å². The van der Waals surface area contributed by atoms with Gasteiger partial charge in [-0.05, 0) is 19.1 Å². The highest BCUT2D eigenvalue weighted by atomic mass is 19.1. The average molecular weight is 283 g/mol. The van der Waals surface area contributed by atoms with E-state index in [9.17, 15) is 19.3 Å². The zero-order valence-corrected chi connectivity index (χ0v) is 11.1. The van der Waals surface area contributed by atoms with Gasteiger partial charge >= 0.3 is 11.7 Å². The molecular formula is C13H14FNO5. The number of nitro groups is 1. The summed E-state index contributed by atoms with van der Waals surface area (Å²) in [5, 5.41) is 11.0. The molecule has 0 N–H and O–H groups in total. The Labute approximate surface area is 115 Å². The van der Waals surface area contributed by atoms with Gasteiger partial charge in [-0.3, -0.25) is 10.1 Å². The van der Waals surface area contributed by atoms with Gasteiger partial charge in [-0.2, -0.15) is 0 Å². The molecule has 0 atom stereocenters. The summed E-state index contributed by atoms with van der Waals surface area (Å²) in [4.78, 5) is 21.7. The third-order valence-corrected chi connectivity index (χ3v) is 2.55. The molecule has 1 aromatic carbocycles. The van der Waals surface area contributed by atoms with Crippen LogP contribution >= 0.6 is 0 Å². The lowest BCUT2D eigenvalue weighted by Gasteiger charge is -2.09. The van der Waals surface area contributed by atoms with Crippen LogP contribution in [0.25, 0.3) is 0 Å². The predicted molar refractivity (Wildman–Crippen MR) is 69.1 cm³/mol. The predicted octanol–water partition coefficient (Wildman–Crippen LogP) is 2.40. The van der Waals surface area contributed by atoms with Gasteiger partial charge in [-0.15, -0.1) is 0 Å². The maximum absolute atomic E-state index is 13.8. The van der Waals surface area contributed by atoms with Crippen LogP contribution in [0, 0.1) is 15.9 Å². The van der Waals surface area contributed by atoms with Crippen LogP contribution in [0.15, 0.2) is 24.3 Å². The van der Waals surface area contributed by atoms with Crippen molar-refractivity contribution in [1.82, 2.24) is 0 Å². The fourth-order valence-corrected chi connectivity index (χ4v) is 1.64. The molecule has 0 radical (unpaired) electrons. The summed E-state index contributed by atoms with van der Waals surface area (Å²) in [6, 6.07) is 2.20. The van der Waals surface area contributed by atoms with E-state index < -0.39 is 22.4 Å². The second-order valence-electron chi connectivity index (χ2n) is 3.83. The summed E-state index contributed by atoms with van der Waals surface area (Å²) in [6.07, 6.45) is -0.321. The molecule has 1 rings (SSSR count). The van der Waals surface area contributed by atoms with Gasteiger partial charge < -0.3 is 9.47 Å². The molecule has 0 saturated carbocycles. The van der Waals surface area contributed by atoms with Crippen LogP contribution in [-0.2, 0) is 16.0 Å². The Kier molecular flexibility index (Phi) is 5.19. The first kappa shape index (κ1) is 15.6. The Morgan fingerprint density at radius 1 is 1.50 bits per heavy atom. The number of rotatable bonds is 6. The summed E-state index contributed by atoms with van der Waals surface area (Å²) in [7, 11) is 1.24. The maximum atomic E-state index is 13.8. The number of carbonyl (C=O) groups is 1. The Balaban J connectivity index is 3.20. The van der Waals surface area contributed by atoms with E-state index in [4.69, 9.17) is 9.47 Å². The Morgan fingerprint density at radius 3 is 2.65 bits per heavy atom. The van der Waals surface area contributed by atoms with Gasteiger partial charge in [0, 0.05) is 12.0 Å². The number of ether oxygens (including phenoxy) is 2. The molecule has 0 heterocycles. The van der Waals surface area contributed by atoms with E-state index in [2.05, 4.69) is 6.58 Å². The number of nitrogens with zero attached hydrogens (tertiary/aromatic N) is 1. The first-order valence-electron chi connectivity index (χ1n) is 5.77. The number of benzene rings is 1. The standard InChI is InChI=1S/C13H14FNO5/c1-4-20-13(16)8(2)7-9-10(14)5-6-11(19-3)12(9)15(17)18/h5-6H,2,4,7H2,1,3H3. The molecule has 7 heteroatoms. The van der Waals surface area contributed by atoms with Crippen LogP contribution < -0.4 is 4.74 Å². The van der Waals surface area contributed by atoms with Gasteiger partial charge in [0.2, 0.25) is 0 Å². The summed E-state index contributed by atoms with van der Waals surface area (Å²) < 4.78 is 23.3. The monoisotopic (exact) mass is 283 g/mol. The SMILES string of the molecule is C=C(Cc1c(F)ccc(OC)c1[N+](=O)[O-])C(=O)OCC. The summed E-state index contributed by atoms with van der Waals surface area (Å²) in [5.41, 5.74) is -0.840. The fourth-order valence-electron chi connectivity index (χ4n) is 1.64. The average Bonchev–Trinajstić information content (AvgIpc) is 2.40. The van der Waals surface area contributed by atoms with Crippen molar-refractivity contribution in [1.29, 1.82) is 0 Å². The topological polar surface area (TPSA) is 78.7 Å². The van der Waals surface area contributed by atoms with Gasteiger partial charge in [0.25, 0.3) is 0 Å². The largest absolute Gasteiger partial charge is 0.490 e. The first-order chi connectivity index (χ1) is 9.42. The van der Waals surface area contributed by atoms with E-state index in [-0.39, 0.29) is 29.9 Å². The lowest BCUT2D eigenvalue weighted by Crippen LogP contribution is -2.11. The highest BCUT2D eigenvalue weighted by Crippen LogP contribution is 2.33. The van der Waals surface area contributed by atoms with E-state index >= 15 is 0 Å². The van der Waals surface area contributed by atoms with Crippen molar-refractivity contribution in [3.8, 4) is 5.75 Å². The minimum atomic E-state index is -0.803. The molecule has 0 saturated heterocycles. The van der Waals surface area contributed by atoms with Crippen LogP contribution in [-0.4, -0.2) is 24.6 Å². The van der Waals surface area contributed by atoms with Crippen LogP contribution in [0.3, 0.4) is 0 Å². The van der Waals surface area contributed by atoms with E-state index in [1.807, 2.05) is 0 Å². The van der Waals surface area contributed by atoms with Crippen LogP contribution in [0.4, 0.5) is 10.1 Å². The summed E-state index contributed by atoms with van der Waals surface area (Å²) in [5.74, 6) is -1.60. The second-order valence-corrected chi connectivity index (χ2v) is 3.83.